The van der Waals surface area contributed by atoms with Crippen molar-refractivity contribution in [2.24, 2.45) is 0 Å². The lowest BCUT2D eigenvalue weighted by Gasteiger charge is -2.22. The lowest BCUT2D eigenvalue weighted by atomic mass is 9.92. The second kappa shape index (κ2) is 30.8. The van der Waals surface area contributed by atoms with E-state index in [4.69, 9.17) is 132 Å². The molecule has 342 valence electrons. The van der Waals surface area contributed by atoms with Crippen LogP contribution in [0.25, 0.3) is 32.3 Å². The number of nitrogens with two attached hydrogens (primary N) is 1. The molecular formula is C42H55Cl6NO12. The Morgan fingerprint density at radius 3 is 0.852 bits per heavy atom. The van der Waals surface area contributed by atoms with E-state index in [1.165, 1.54) is 0 Å². The van der Waals surface area contributed by atoms with Gasteiger partial charge in [0.1, 0.15) is 39.6 Å². The summed E-state index contributed by atoms with van der Waals surface area (Å²) in [7, 11) is 0. The predicted octanol–water partition coefficient (Wildman–Crippen LogP) is 8.53. The monoisotopic (exact) mass is 975 g/mol. The molecule has 0 aliphatic rings. The molecule has 4 rings (SSSR count). The van der Waals surface area contributed by atoms with Gasteiger partial charge in [0.25, 0.3) is 0 Å². The van der Waals surface area contributed by atoms with E-state index in [-0.39, 0.29) is 52.9 Å². The Bertz CT molecular complexity index is 1800. The summed E-state index contributed by atoms with van der Waals surface area (Å²) in [6.07, 6.45) is 0. The van der Waals surface area contributed by atoms with Gasteiger partial charge in [0, 0.05) is 40.7 Å². The van der Waals surface area contributed by atoms with Gasteiger partial charge in [-0.2, -0.15) is 0 Å². The van der Waals surface area contributed by atoms with E-state index in [2.05, 4.69) is 0 Å². The highest BCUT2D eigenvalue weighted by atomic mass is 35.5. The Kier molecular flexibility index (Phi) is 25.9. The van der Waals surface area contributed by atoms with Crippen molar-refractivity contribution in [2.45, 2.75) is 0 Å². The molecule has 0 bridgehead atoms. The zero-order chi connectivity index (χ0) is 43.5. The van der Waals surface area contributed by atoms with E-state index in [0.29, 0.717) is 147 Å². The minimum absolute atomic E-state index is 0.177. The Morgan fingerprint density at radius 2 is 0.541 bits per heavy atom. The van der Waals surface area contributed by atoms with Gasteiger partial charge in [-0.1, -0.05) is 0 Å². The van der Waals surface area contributed by atoms with Gasteiger partial charge >= 0.3 is 0 Å². The second-order valence-corrected chi connectivity index (χ2v) is 14.9. The third kappa shape index (κ3) is 16.7. The van der Waals surface area contributed by atoms with Crippen LogP contribution >= 0.6 is 69.6 Å². The third-order valence-corrected chi connectivity index (χ3v) is 9.45. The van der Waals surface area contributed by atoms with Crippen molar-refractivity contribution in [1.29, 1.82) is 0 Å². The first-order valence-corrected chi connectivity index (χ1v) is 23.2. The normalized spacial score (nSPS) is 11.5. The molecule has 4 aromatic carbocycles. The minimum Gasteiger partial charge on any atom is -0.487 e. The number of ether oxygens (including phenoxy) is 12. The second-order valence-electron chi connectivity index (χ2n) is 12.6. The van der Waals surface area contributed by atoms with Gasteiger partial charge < -0.3 is 62.6 Å². The topological polar surface area (TPSA) is 137 Å². The van der Waals surface area contributed by atoms with Crippen LogP contribution in [0.2, 0.25) is 0 Å². The minimum atomic E-state index is 0.177. The van der Waals surface area contributed by atoms with Crippen LogP contribution in [0.4, 0.5) is 5.69 Å². The molecule has 0 aliphatic heterocycles. The molecule has 0 unspecified atom stereocenters. The van der Waals surface area contributed by atoms with E-state index >= 15 is 0 Å². The molecule has 0 heterocycles. The molecular weight excluding hydrogens is 923 g/mol. The number of nitrogen functional groups attached to an aromatic ring is 1. The molecule has 61 heavy (non-hydrogen) atoms. The van der Waals surface area contributed by atoms with Gasteiger partial charge in [-0.25, -0.2) is 0 Å². The maximum absolute atomic E-state index is 7.19. The van der Waals surface area contributed by atoms with E-state index in [9.17, 15) is 0 Å². The van der Waals surface area contributed by atoms with E-state index in [1.807, 2.05) is 30.3 Å². The first-order valence-electron chi connectivity index (χ1n) is 19.9. The first kappa shape index (κ1) is 51.4. The molecule has 0 spiro atoms. The summed E-state index contributed by atoms with van der Waals surface area (Å²) >= 11 is 35.0. The van der Waals surface area contributed by atoms with Crippen molar-refractivity contribution < 1.29 is 56.8 Å². The predicted molar refractivity (Wildman–Crippen MR) is 246 cm³/mol. The van der Waals surface area contributed by atoms with Crippen LogP contribution in [0.1, 0.15) is 0 Å². The van der Waals surface area contributed by atoms with Crippen molar-refractivity contribution >= 4 is 108 Å². The van der Waals surface area contributed by atoms with Crippen molar-refractivity contribution in [1.82, 2.24) is 0 Å². The average molecular weight is 979 g/mol. The van der Waals surface area contributed by atoms with Crippen LogP contribution in [-0.4, -0.2) is 154 Å². The van der Waals surface area contributed by atoms with Gasteiger partial charge in [0.2, 0.25) is 0 Å². The van der Waals surface area contributed by atoms with Crippen LogP contribution in [-0.2, 0) is 28.4 Å². The molecule has 0 amide bonds. The standard InChI is InChI=1S/C42H55Cl6NO12/c43-1-7-50-13-19-56-35-25-30-31-26-37(58-21-15-52-9-3-45)38(59-22-16-53-10-4-46)28-33(31)40-34(32(30)27-36(35)57-20-14-51-8-2-44)29-39(60-23-17-54-11-5-47)42(41(40)49)61-24-18-55-12-6-48/h25-29H,1-24,49H2. The Balaban J connectivity index is 2.00. The smallest absolute Gasteiger partial charge is 0.184 e. The highest BCUT2D eigenvalue weighted by Gasteiger charge is 2.23. The van der Waals surface area contributed by atoms with Gasteiger partial charge in [0.05, 0.1) is 85.0 Å². The molecule has 0 saturated heterocycles. The van der Waals surface area contributed by atoms with Gasteiger partial charge in [-0.3, -0.25) is 0 Å². The summed E-state index contributed by atoms with van der Waals surface area (Å²) in [5.74, 6) is 4.77. The summed E-state index contributed by atoms with van der Waals surface area (Å²) in [5, 5.41) is 4.49. The number of fused-ring (bicyclic) bond motifs is 6. The summed E-state index contributed by atoms with van der Waals surface area (Å²) in [4.78, 5) is 0. The number of anilines is 1. The molecule has 19 heteroatoms. The van der Waals surface area contributed by atoms with Crippen molar-refractivity contribution in [3.05, 3.63) is 30.3 Å². The number of hydrogen-bond acceptors (Lipinski definition) is 13. The van der Waals surface area contributed by atoms with Crippen molar-refractivity contribution in [3.63, 3.8) is 0 Å². The van der Waals surface area contributed by atoms with Crippen molar-refractivity contribution in [3.8, 4) is 34.5 Å². The molecule has 4 aromatic rings. The van der Waals surface area contributed by atoms with Gasteiger partial charge in [-0.05, 0) is 57.3 Å². The third-order valence-electron chi connectivity index (χ3n) is 8.53. The number of alkyl halides is 6. The summed E-state index contributed by atoms with van der Waals surface area (Å²) < 4.78 is 71.6. The highest BCUT2D eigenvalue weighted by molar-refractivity contribution is 6.30. The molecule has 0 atom stereocenters. The molecule has 0 aliphatic carbocycles. The fraction of sp³-hybridized carbons (Fsp3) is 0.571. The quantitative estimate of drug-likeness (QED) is 0.0202. The molecule has 0 fully saturated rings. The van der Waals surface area contributed by atoms with Gasteiger partial charge in [0.15, 0.2) is 34.5 Å². The van der Waals surface area contributed by atoms with Crippen LogP contribution in [0, 0.1) is 0 Å². The Hall–Kier alpha value is -2.24. The van der Waals surface area contributed by atoms with E-state index < -0.39 is 0 Å². The van der Waals surface area contributed by atoms with Crippen LogP contribution < -0.4 is 34.2 Å². The Labute approximate surface area is 387 Å². The summed E-state index contributed by atoms with van der Waals surface area (Å²) in [5.41, 5.74) is 7.51. The van der Waals surface area contributed by atoms with Crippen LogP contribution in [0.15, 0.2) is 30.3 Å². The highest BCUT2D eigenvalue weighted by Crippen LogP contribution is 2.50. The number of hydrogen-bond donors (Lipinski definition) is 1. The number of halogens is 6. The average Bonchev–Trinajstić information content (AvgIpc) is 3.26. The summed E-state index contributed by atoms with van der Waals surface area (Å²) in [6.45, 7) is 5.38. The maximum Gasteiger partial charge on any atom is 0.184 e. The first-order chi connectivity index (χ1) is 30.0. The van der Waals surface area contributed by atoms with Crippen LogP contribution in [0.3, 0.4) is 0 Å². The Morgan fingerprint density at radius 1 is 0.295 bits per heavy atom. The summed E-state index contributed by atoms with van der Waals surface area (Å²) in [6, 6.07) is 9.56. The fourth-order valence-corrected chi connectivity index (χ4v) is 6.72. The van der Waals surface area contributed by atoms with Gasteiger partial charge in [-0.15, -0.1) is 69.6 Å². The van der Waals surface area contributed by atoms with Crippen LogP contribution in [0.5, 0.6) is 34.5 Å². The molecule has 13 nitrogen and oxygen atoms in total. The zero-order valence-electron chi connectivity index (χ0n) is 34.1. The fourth-order valence-electron chi connectivity index (χ4n) is 6.06. The number of rotatable bonds is 36. The lowest BCUT2D eigenvalue weighted by Crippen LogP contribution is -2.13. The van der Waals surface area contributed by atoms with Crippen molar-refractivity contribution in [2.75, 3.05) is 160 Å². The van der Waals surface area contributed by atoms with E-state index in [1.54, 1.807) is 0 Å². The van der Waals surface area contributed by atoms with E-state index in [0.717, 1.165) is 26.9 Å². The molecule has 0 saturated carbocycles. The largest absolute Gasteiger partial charge is 0.487 e. The zero-order valence-corrected chi connectivity index (χ0v) is 38.6. The molecule has 0 radical (unpaired) electrons. The molecule has 0 aromatic heterocycles. The SMILES string of the molecule is Nc1c(OCCOCCCl)c(OCCOCCCl)cc2c3cc(OCCOCCCl)c(OCCOCCCl)cc3c3cc(OCCOCCCl)c(OCCOCCCl)cc3c12. The number of benzene rings is 4. The molecule has 2 N–H and O–H groups in total. The maximum atomic E-state index is 7.19. The lowest BCUT2D eigenvalue weighted by molar-refractivity contribution is 0.101.